The van der Waals surface area contributed by atoms with Gasteiger partial charge in [-0.3, -0.25) is 4.79 Å². The van der Waals surface area contributed by atoms with E-state index in [1.165, 1.54) is 12.8 Å². The average Bonchev–Trinajstić information content (AvgIpc) is 2.95. The fourth-order valence-corrected chi connectivity index (χ4v) is 2.94. The molecule has 0 bridgehead atoms. The normalized spacial score (nSPS) is 18.2. The molecule has 0 aromatic carbocycles. The van der Waals surface area contributed by atoms with Crippen molar-refractivity contribution in [2.24, 2.45) is 5.41 Å². The highest BCUT2D eigenvalue weighted by molar-refractivity contribution is 9.10. The van der Waals surface area contributed by atoms with Crippen LogP contribution in [0.15, 0.2) is 21.2 Å². The van der Waals surface area contributed by atoms with Crippen molar-refractivity contribution < 1.29 is 9.21 Å². The highest BCUT2D eigenvalue weighted by Crippen LogP contribution is 2.38. The van der Waals surface area contributed by atoms with Gasteiger partial charge in [0.25, 0.3) is 5.91 Å². The van der Waals surface area contributed by atoms with Gasteiger partial charge in [0.15, 0.2) is 10.4 Å². The first-order valence-electron chi connectivity index (χ1n) is 5.75. The molecule has 1 aromatic heterocycles. The zero-order valence-electron chi connectivity index (χ0n) is 9.47. The molecule has 1 amide bonds. The van der Waals surface area contributed by atoms with Crippen LogP contribution in [0.4, 0.5) is 0 Å². The van der Waals surface area contributed by atoms with Crippen molar-refractivity contribution in [1.82, 2.24) is 5.32 Å². The number of alkyl halides is 1. The second kappa shape index (κ2) is 5.44. The van der Waals surface area contributed by atoms with Crippen molar-refractivity contribution >= 4 is 33.4 Å². The van der Waals surface area contributed by atoms with Crippen LogP contribution >= 0.6 is 27.5 Å². The van der Waals surface area contributed by atoms with Gasteiger partial charge in [-0.05, 0) is 40.9 Å². The van der Waals surface area contributed by atoms with Crippen LogP contribution in [0.3, 0.4) is 0 Å². The minimum atomic E-state index is -0.174. The zero-order valence-corrected chi connectivity index (χ0v) is 11.8. The van der Waals surface area contributed by atoms with E-state index in [1.807, 2.05) is 0 Å². The molecule has 0 spiro atoms. The van der Waals surface area contributed by atoms with Crippen molar-refractivity contribution in [3.8, 4) is 0 Å². The molecule has 3 nitrogen and oxygen atoms in total. The highest BCUT2D eigenvalue weighted by atomic mass is 79.9. The summed E-state index contributed by atoms with van der Waals surface area (Å²) in [5.41, 5.74) is 0.0844. The molecule has 0 unspecified atom stereocenters. The van der Waals surface area contributed by atoms with Crippen LogP contribution in [-0.4, -0.2) is 18.3 Å². The standard InChI is InChI=1S/C12H15BrClNO2/c13-10-4-3-9(17-10)11(16)15-8-12(7-14)5-1-2-6-12/h3-4H,1-2,5-8H2,(H,15,16). The molecule has 5 heteroatoms. The van der Waals surface area contributed by atoms with Crippen LogP contribution in [0, 0.1) is 5.41 Å². The van der Waals surface area contributed by atoms with Gasteiger partial charge < -0.3 is 9.73 Å². The van der Waals surface area contributed by atoms with Crippen LogP contribution in [0.1, 0.15) is 36.2 Å². The fraction of sp³-hybridized carbons (Fsp3) is 0.583. The van der Waals surface area contributed by atoms with E-state index in [1.54, 1.807) is 12.1 Å². The van der Waals surface area contributed by atoms with Gasteiger partial charge in [-0.15, -0.1) is 11.6 Å². The molecule has 0 atom stereocenters. The van der Waals surface area contributed by atoms with E-state index < -0.39 is 0 Å². The molecule has 17 heavy (non-hydrogen) atoms. The van der Waals surface area contributed by atoms with Gasteiger partial charge in [-0.1, -0.05) is 12.8 Å². The Hall–Kier alpha value is -0.480. The predicted molar refractivity (Wildman–Crippen MR) is 70.4 cm³/mol. The first-order chi connectivity index (χ1) is 8.15. The van der Waals surface area contributed by atoms with Crippen LogP contribution in [0.2, 0.25) is 0 Å². The summed E-state index contributed by atoms with van der Waals surface area (Å²) in [6.07, 6.45) is 4.60. The maximum atomic E-state index is 11.8. The number of halogens is 2. The Bertz CT molecular complexity index is 399. The molecule has 1 aliphatic carbocycles. The van der Waals surface area contributed by atoms with Gasteiger partial charge in [0.2, 0.25) is 0 Å². The number of hydrogen-bond donors (Lipinski definition) is 1. The first-order valence-corrected chi connectivity index (χ1v) is 7.07. The summed E-state index contributed by atoms with van der Waals surface area (Å²) in [6, 6.07) is 3.36. The summed E-state index contributed by atoms with van der Waals surface area (Å²) in [5, 5.41) is 2.91. The van der Waals surface area contributed by atoms with Gasteiger partial charge in [-0.25, -0.2) is 0 Å². The first kappa shape index (κ1) is 13.0. The van der Waals surface area contributed by atoms with E-state index in [2.05, 4.69) is 21.2 Å². The van der Waals surface area contributed by atoms with Crippen molar-refractivity contribution in [2.45, 2.75) is 25.7 Å². The Labute approximate surface area is 114 Å². The van der Waals surface area contributed by atoms with Crippen LogP contribution < -0.4 is 5.32 Å². The molecule has 0 aliphatic heterocycles. The number of furan rings is 1. The Morgan fingerprint density at radius 3 is 2.71 bits per heavy atom. The van der Waals surface area contributed by atoms with Gasteiger partial charge in [0.1, 0.15) is 0 Å². The molecule has 1 fully saturated rings. The summed E-state index contributed by atoms with van der Waals surface area (Å²) in [4.78, 5) is 11.8. The third kappa shape index (κ3) is 3.05. The number of hydrogen-bond acceptors (Lipinski definition) is 2. The average molecular weight is 321 g/mol. The van der Waals surface area contributed by atoms with Crippen molar-refractivity contribution in [1.29, 1.82) is 0 Å². The SMILES string of the molecule is O=C(NCC1(CCl)CCCC1)c1ccc(Br)o1. The molecular weight excluding hydrogens is 305 g/mol. The van der Waals surface area contributed by atoms with Gasteiger partial charge in [-0.2, -0.15) is 0 Å². The lowest BCUT2D eigenvalue weighted by atomic mass is 9.88. The number of amides is 1. The molecular formula is C12H15BrClNO2. The number of carbonyl (C=O) groups is 1. The maximum absolute atomic E-state index is 11.8. The molecule has 94 valence electrons. The molecule has 0 saturated heterocycles. The van der Waals surface area contributed by atoms with Gasteiger partial charge in [0.05, 0.1) is 0 Å². The summed E-state index contributed by atoms with van der Waals surface area (Å²) in [6.45, 7) is 0.633. The minimum Gasteiger partial charge on any atom is -0.444 e. The van der Waals surface area contributed by atoms with Crippen LogP contribution in [0.25, 0.3) is 0 Å². The van der Waals surface area contributed by atoms with E-state index >= 15 is 0 Å². The van der Waals surface area contributed by atoms with Gasteiger partial charge >= 0.3 is 0 Å². The van der Waals surface area contributed by atoms with E-state index in [9.17, 15) is 4.79 Å². The third-order valence-corrected chi connectivity index (χ3v) is 4.36. The Morgan fingerprint density at radius 2 is 2.18 bits per heavy atom. The monoisotopic (exact) mass is 319 g/mol. The molecule has 1 aromatic rings. The number of carbonyl (C=O) groups excluding carboxylic acids is 1. The molecule has 1 heterocycles. The summed E-state index contributed by atoms with van der Waals surface area (Å²) in [5.74, 6) is 0.765. The Morgan fingerprint density at radius 1 is 1.47 bits per heavy atom. The van der Waals surface area contributed by atoms with E-state index in [0.29, 0.717) is 22.9 Å². The lowest BCUT2D eigenvalue weighted by Crippen LogP contribution is -2.37. The molecule has 1 saturated carbocycles. The van der Waals surface area contributed by atoms with Gasteiger partial charge in [0, 0.05) is 17.8 Å². The smallest absolute Gasteiger partial charge is 0.287 e. The Kier molecular flexibility index (Phi) is 4.15. The van der Waals surface area contributed by atoms with Crippen LogP contribution in [-0.2, 0) is 0 Å². The minimum absolute atomic E-state index is 0.0844. The third-order valence-electron chi connectivity index (χ3n) is 3.37. The Balaban J connectivity index is 1.91. The molecule has 0 radical (unpaired) electrons. The predicted octanol–water partition coefficient (Wildman–Crippen LogP) is 3.57. The lowest BCUT2D eigenvalue weighted by Gasteiger charge is -2.26. The maximum Gasteiger partial charge on any atom is 0.287 e. The summed E-state index contributed by atoms with van der Waals surface area (Å²) in [7, 11) is 0. The van der Waals surface area contributed by atoms with E-state index in [4.69, 9.17) is 16.0 Å². The van der Waals surface area contributed by atoms with E-state index in [-0.39, 0.29) is 11.3 Å². The van der Waals surface area contributed by atoms with Crippen molar-refractivity contribution in [3.05, 3.63) is 22.6 Å². The molecule has 1 aliphatic rings. The second-order valence-electron chi connectivity index (χ2n) is 4.63. The quantitative estimate of drug-likeness (QED) is 0.862. The van der Waals surface area contributed by atoms with Crippen molar-refractivity contribution in [2.75, 3.05) is 12.4 Å². The topological polar surface area (TPSA) is 42.2 Å². The lowest BCUT2D eigenvalue weighted by molar-refractivity contribution is 0.0906. The molecule has 1 N–H and O–H groups in total. The zero-order chi connectivity index (χ0) is 12.3. The summed E-state index contributed by atoms with van der Waals surface area (Å²) >= 11 is 9.19. The number of rotatable bonds is 4. The highest BCUT2D eigenvalue weighted by Gasteiger charge is 2.33. The largest absolute Gasteiger partial charge is 0.444 e. The fourth-order valence-electron chi connectivity index (χ4n) is 2.27. The van der Waals surface area contributed by atoms with E-state index in [0.717, 1.165) is 12.8 Å². The summed E-state index contributed by atoms with van der Waals surface area (Å²) < 4.78 is 5.76. The van der Waals surface area contributed by atoms with Crippen molar-refractivity contribution in [3.63, 3.8) is 0 Å². The van der Waals surface area contributed by atoms with Crippen LogP contribution in [0.5, 0.6) is 0 Å². The number of nitrogens with one attached hydrogen (secondary N) is 1. The molecule has 2 rings (SSSR count). The second-order valence-corrected chi connectivity index (χ2v) is 5.68.